The highest BCUT2D eigenvalue weighted by Gasteiger charge is 2.60. The van der Waals surface area contributed by atoms with E-state index in [2.05, 4.69) is 0 Å². The van der Waals surface area contributed by atoms with Crippen molar-refractivity contribution in [3.8, 4) is 0 Å². The molecular weight excluding hydrogens is 330 g/mol. The first-order valence-corrected chi connectivity index (χ1v) is 9.66. The lowest BCUT2D eigenvalue weighted by Gasteiger charge is -2.27. The van der Waals surface area contributed by atoms with Gasteiger partial charge < -0.3 is 9.84 Å². The zero-order chi connectivity index (χ0) is 17.7. The Morgan fingerprint density at radius 3 is 2.33 bits per heavy atom. The fourth-order valence-corrected chi connectivity index (χ4v) is 5.79. The van der Waals surface area contributed by atoms with Crippen LogP contribution < -0.4 is 0 Å². The summed E-state index contributed by atoms with van der Waals surface area (Å²) in [6.07, 6.45) is -0.509. The number of carbonyl (C=O) groups excluding carboxylic acids is 1. The van der Waals surface area contributed by atoms with Gasteiger partial charge in [-0.3, -0.25) is 4.90 Å². The lowest BCUT2D eigenvalue weighted by Crippen LogP contribution is -2.43. The lowest BCUT2D eigenvalue weighted by atomic mass is 9.97. The zero-order valence-electron chi connectivity index (χ0n) is 14.0. The van der Waals surface area contributed by atoms with E-state index in [0.29, 0.717) is 12.8 Å². The molecule has 1 aromatic carbocycles. The third-order valence-electron chi connectivity index (χ3n) is 4.62. The van der Waals surface area contributed by atoms with E-state index in [1.54, 1.807) is 39.0 Å². The van der Waals surface area contributed by atoms with Crippen molar-refractivity contribution in [1.29, 1.82) is 0 Å². The van der Waals surface area contributed by atoms with Crippen LogP contribution in [0.15, 0.2) is 35.2 Å². The number of ether oxygens (including phenoxy) is 1. The fourth-order valence-electron chi connectivity index (χ4n) is 3.71. The summed E-state index contributed by atoms with van der Waals surface area (Å²) in [6, 6.07) is 7.02. The average Bonchev–Trinajstić information content (AvgIpc) is 3.02. The molecule has 0 aliphatic carbocycles. The van der Waals surface area contributed by atoms with Crippen molar-refractivity contribution >= 4 is 15.9 Å². The maximum absolute atomic E-state index is 12.9. The molecule has 2 aliphatic heterocycles. The molecule has 3 rings (SSSR count). The van der Waals surface area contributed by atoms with Gasteiger partial charge in [-0.2, -0.15) is 0 Å². The quantitative estimate of drug-likeness (QED) is 0.879. The van der Waals surface area contributed by atoms with E-state index in [1.165, 1.54) is 17.0 Å². The van der Waals surface area contributed by atoms with Crippen LogP contribution in [0.25, 0.3) is 0 Å². The van der Waals surface area contributed by atoms with E-state index >= 15 is 0 Å². The van der Waals surface area contributed by atoms with Crippen LogP contribution >= 0.6 is 0 Å². The van der Waals surface area contributed by atoms with E-state index in [4.69, 9.17) is 4.74 Å². The molecule has 2 heterocycles. The minimum Gasteiger partial charge on any atom is -0.444 e. The second-order valence-electron chi connectivity index (χ2n) is 7.41. The van der Waals surface area contributed by atoms with Gasteiger partial charge in [-0.1, -0.05) is 18.2 Å². The standard InChI is InChI=1S/C17H23NO5S/c1-17(2,3)23-16(20)18-12-9-10-13(18)15(14(12)19)24(21,22)11-7-5-4-6-8-11/h4-8,12-15,19H,9-10H2,1-3H3. The molecule has 4 atom stereocenters. The normalized spacial score (nSPS) is 29.8. The number of fused-ring (bicyclic) bond motifs is 2. The zero-order valence-corrected chi connectivity index (χ0v) is 14.9. The summed E-state index contributed by atoms with van der Waals surface area (Å²) in [5.41, 5.74) is -0.669. The number of nitrogens with zero attached hydrogens (tertiary/aromatic N) is 1. The Balaban J connectivity index is 1.91. The van der Waals surface area contributed by atoms with E-state index in [0.717, 1.165) is 0 Å². The van der Waals surface area contributed by atoms with Gasteiger partial charge in [-0.25, -0.2) is 13.2 Å². The summed E-state index contributed by atoms with van der Waals surface area (Å²) in [5, 5.41) is 9.56. The predicted octanol–water partition coefficient (Wildman–Crippen LogP) is 1.97. The largest absolute Gasteiger partial charge is 0.444 e. The second-order valence-corrected chi connectivity index (χ2v) is 9.52. The Hall–Kier alpha value is -1.60. The van der Waals surface area contributed by atoms with Crippen molar-refractivity contribution in [2.24, 2.45) is 0 Å². The number of carbonyl (C=O) groups is 1. The average molecular weight is 353 g/mol. The van der Waals surface area contributed by atoms with Crippen LogP contribution in [0.5, 0.6) is 0 Å². The molecule has 0 spiro atoms. The van der Waals surface area contributed by atoms with Crippen LogP contribution in [0.1, 0.15) is 33.6 Å². The molecule has 6 nitrogen and oxygen atoms in total. The van der Waals surface area contributed by atoms with Crippen molar-refractivity contribution in [2.75, 3.05) is 0 Å². The Bertz CT molecular complexity index is 725. The first-order chi connectivity index (χ1) is 11.1. The van der Waals surface area contributed by atoms with E-state index in [1.807, 2.05) is 0 Å². The van der Waals surface area contributed by atoms with Crippen LogP contribution in [0.2, 0.25) is 0 Å². The number of aliphatic hydroxyl groups excluding tert-OH is 1. The monoisotopic (exact) mass is 353 g/mol. The predicted molar refractivity (Wildman–Crippen MR) is 88.3 cm³/mol. The summed E-state index contributed by atoms with van der Waals surface area (Å²) in [4.78, 5) is 14.1. The minimum absolute atomic E-state index is 0.172. The van der Waals surface area contributed by atoms with Gasteiger partial charge in [-0.15, -0.1) is 0 Å². The molecular formula is C17H23NO5S. The van der Waals surface area contributed by atoms with Crippen LogP contribution in [0.3, 0.4) is 0 Å². The molecule has 2 aliphatic rings. The van der Waals surface area contributed by atoms with Gasteiger partial charge in [0.25, 0.3) is 0 Å². The van der Waals surface area contributed by atoms with Crippen molar-refractivity contribution in [3.05, 3.63) is 30.3 Å². The highest BCUT2D eigenvalue weighted by Crippen LogP contribution is 2.43. The Labute approximate surface area is 142 Å². The van der Waals surface area contributed by atoms with Crippen LogP contribution in [0.4, 0.5) is 4.79 Å². The number of rotatable bonds is 2. The van der Waals surface area contributed by atoms with E-state index < -0.39 is 45.0 Å². The molecule has 1 N–H and O–H groups in total. The van der Waals surface area contributed by atoms with Crippen molar-refractivity contribution in [3.63, 3.8) is 0 Å². The van der Waals surface area contributed by atoms with Gasteiger partial charge in [0.05, 0.1) is 23.1 Å². The minimum atomic E-state index is -3.73. The molecule has 24 heavy (non-hydrogen) atoms. The first-order valence-electron chi connectivity index (χ1n) is 8.11. The topological polar surface area (TPSA) is 83.9 Å². The molecule has 132 valence electrons. The third-order valence-corrected chi connectivity index (χ3v) is 6.86. The summed E-state index contributed by atoms with van der Waals surface area (Å²) in [5.74, 6) is 0. The van der Waals surface area contributed by atoms with Gasteiger partial charge in [0.1, 0.15) is 10.9 Å². The number of sulfone groups is 1. The van der Waals surface area contributed by atoms with E-state index in [-0.39, 0.29) is 4.90 Å². The molecule has 0 radical (unpaired) electrons. The molecule has 0 saturated carbocycles. The van der Waals surface area contributed by atoms with Crippen molar-refractivity contribution < 1.29 is 23.1 Å². The molecule has 7 heteroatoms. The summed E-state index contributed by atoms with van der Waals surface area (Å²) >= 11 is 0. The molecule has 0 aromatic heterocycles. The molecule has 2 fully saturated rings. The smallest absolute Gasteiger partial charge is 0.410 e. The van der Waals surface area contributed by atoms with Gasteiger partial charge in [0, 0.05) is 0 Å². The Kier molecular flexibility index (Phi) is 4.12. The summed E-state index contributed by atoms with van der Waals surface area (Å²) < 4.78 is 31.3. The number of hydrogen-bond donors (Lipinski definition) is 1. The maximum Gasteiger partial charge on any atom is 0.410 e. The van der Waals surface area contributed by atoms with Gasteiger partial charge in [0.15, 0.2) is 9.84 Å². The number of aliphatic hydroxyl groups is 1. The molecule has 2 bridgehead atoms. The van der Waals surface area contributed by atoms with Crippen LogP contribution in [0, 0.1) is 0 Å². The number of amides is 1. The van der Waals surface area contributed by atoms with Gasteiger partial charge in [-0.05, 0) is 45.7 Å². The van der Waals surface area contributed by atoms with Crippen molar-refractivity contribution in [2.45, 2.75) is 67.5 Å². The highest BCUT2D eigenvalue weighted by atomic mass is 32.2. The molecule has 1 aromatic rings. The lowest BCUT2D eigenvalue weighted by molar-refractivity contribution is 0.0170. The third kappa shape index (κ3) is 2.80. The number of benzene rings is 1. The van der Waals surface area contributed by atoms with Crippen LogP contribution in [-0.2, 0) is 14.6 Å². The molecule has 1 amide bonds. The first kappa shape index (κ1) is 17.2. The second kappa shape index (κ2) is 5.74. The van der Waals surface area contributed by atoms with Crippen LogP contribution in [-0.4, -0.2) is 53.6 Å². The van der Waals surface area contributed by atoms with Gasteiger partial charge >= 0.3 is 6.09 Å². The number of hydrogen-bond acceptors (Lipinski definition) is 5. The maximum atomic E-state index is 12.9. The molecule has 4 unspecified atom stereocenters. The van der Waals surface area contributed by atoms with Gasteiger partial charge in [0.2, 0.25) is 0 Å². The highest BCUT2D eigenvalue weighted by molar-refractivity contribution is 7.92. The summed E-state index contributed by atoms with van der Waals surface area (Å²) in [6.45, 7) is 5.28. The Morgan fingerprint density at radius 1 is 1.17 bits per heavy atom. The summed E-state index contributed by atoms with van der Waals surface area (Å²) in [7, 11) is -3.73. The SMILES string of the molecule is CC(C)(C)OC(=O)N1C2CCC1C(S(=O)(=O)c1ccccc1)C2O. The molecule has 2 saturated heterocycles. The van der Waals surface area contributed by atoms with Crippen molar-refractivity contribution in [1.82, 2.24) is 4.90 Å². The Morgan fingerprint density at radius 2 is 1.75 bits per heavy atom. The van der Waals surface area contributed by atoms with E-state index in [9.17, 15) is 18.3 Å². The fraction of sp³-hybridized carbons (Fsp3) is 0.588.